The maximum absolute atomic E-state index is 10.8. The minimum absolute atomic E-state index is 0.298. The molecule has 1 aliphatic heterocycles. The van der Waals surface area contributed by atoms with Gasteiger partial charge >= 0.3 is 0 Å². The van der Waals surface area contributed by atoms with Crippen LogP contribution >= 0.6 is 0 Å². The zero-order valence-corrected chi connectivity index (χ0v) is 8.14. The number of aliphatic hydroxyl groups excluding tert-OH is 1. The van der Waals surface area contributed by atoms with Crippen molar-refractivity contribution in [2.24, 2.45) is 0 Å². The molecule has 78 valence electrons. The van der Waals surface area contributed by atoms with Crippen LogP contribution in [0, 0.1) is 0 Å². The van der Waals surface area contributed by atoms with Gasteiger partial charge in [0.25, 0.3) is 10.1 Å². The fraction of sp³-hybridized carbons (Fsp3) is 0.833. The van der Waals surface area contributed by atoms with Gasteiger partial charge in [0.15, 0.2) is 5.81 Å². The summed E-state index contributed by atoms with van der Waals surface area (Å²) in [6.45, 7) is 0.298. The molecule has 2 N–H and O–H groups in total. The molecule has 0 bridgehead atoms. The molecule has 0 aromatic rings. The number of hydrogen-bond acceptors (Lipinski definition) is 4. The van der Waals surface area contributed by atoms with E-state index in [0.717, 1.165) is 4.90 Å². The number of hydrogen-bond donors (Lipinski definition) is 2. The van der Waals surface area contributed by atoms with Gasteiger partial charge in [-0.2, -0.15) is 8.42 Å². The summed E-state index contributed by atoms with van der Waals surface area (Å²) in [6.07, 6.45) is 0.865. The van der Waals surface area contributed by atoms with Crippen molar-refractivity contribution in [3.63, 3.8) is 0 Å². The standard InChI is InChI=1S/C6H10BNO5S/c7-6(10)8-3-1-2-4(8)5(9)14(11,12)13/h4-5,9H,1-3H2,(H,11,12,13)/t4-,5?/m1/s1. The predicted molar refractivity (Wildman–Crippen MR) is 48.4 cm³/mol. The molecule has 0 spiro atoms. The van der Waals surface area contributed by atoms with Crippen molar-refractivity contribution in [3.05, 3.63) is 0 Å². The van der Waals surface area contributed by atoms with Crippen LogP contribution in [0.25, 0.3) is 0 Å². The van der Waals surface area contributed by atoms with E-state index in [1.54, 1.807) is 0 Å². The van der Waals surface area contributed by atoms with Crippen molar-refractivity contribution in [2.45, 2.75) is 24.3 Å². The maximum atomic E-state index is 10.8. The van der Waals surface area contributed by atoms with Crippen molar-refractivity contribution < 1.29 is 22.9 Å². The van der Waals surface area contributed by atoms with Crippen LogP contribution in [0.3, 0.4) is 0 Å². The average molecular weight is 219 g/mol. The third-order valence-corrected chi connectivity index (χ3v) is 3.14. The molecule has 1 amide bonds. The monoisotopic (exact) mass is 219 g/mol. The van der Waals surface area contributed by atoms with E-state index >= 15 is 0 Å². The molecule has 2 atom stereocenters. The van der Waals surface area contributed by atoms with E-state index in [1.165, 1.54) is 0 Å². The van der Waals surface area contributed by atoms with Crippen LogP contribution in [0.15, 0.2) is 0 Å². The zero-order chi connectivity index (χ0) is 10.9. The zero-order valence-electron chi connectivity index (χ0n) is 7.33. The lowest BCUT2D eigenvalue weighted by molar-refractivity contribution is 0.139. The number of aliphatic hydroxyl groups is 1. The first-order valence-corrected chi connectivity index (χ1v) is 5.55. The van der Waals surface area contributed by atoms with Crippen LogP contribution in [0.5, 0.6) is 0 Å². The second kappa shape index (κ2) is 3.88. The summed E-state index contributed by atoms with van der Waals surface area (Å²) in [5, 5.41) is 9.22. The first-order chi connectivity index (χ1) is 6.34. The van der Waals surface area contributed by atoms with E-state index in [1.807, 2.05) is 0 Å². The summed E-state index contributed by atoms with van der Waals surface area (Å²) < 4.78 is 29.8. The van der Waals surface area contributed by atoms with Crippen LogP contribution in [-0.2, 0) is 10.1 Å². The van der Waals surface area contributed by atoms with E-state index in [9.17, 15) is 18.3 Å². The molecule has 0 aromatic carbocycles. The minimum Gasteiger partial charge on any atom is -0.373 e. The summed E-state index contributed by atoms with van der Waals surface area (Å²) >= 11 is 0. The van der Waals surface area contributed by atoms with Gasteiger partial charge in [0.05, 0.1) is 6.04 Å². The Morgan fingerprint density at radius 3 is 2.57 bits per heavy atom. The molecule has 1 aliphatic rings. The van der Waals surface area contributed by atoms with E-state index in [0.29, 0.717) is 19.4 Å². The van der Waals surface area contributed by atoms with Crippen molar-refractivity contribution in [2.75, 3.05) is 6.54 Å². The van der Waals surface area contributed by atoms with Crippen molar-refractivity contribution in [1.29, 1.82) is 0 Å². The summed E-state index contributed by atoms with van der Waals surface area (Å²) in [5.41, 5.74) is -1.97. The fourth-order valence-corrected chi connectivity index (χ4v) is 2.24. The number of nitrogens with zero attached hydrogens (tertiary/aromatic N) is 1. The molecule has 0 saturated carbocycles. The first kappa shape index (κ1) is 11.5. The number of carbonyl (C=O) groups excluding carboxylic acids is 1. The van der Waals surface area contributed by atoms with Crippen LogP contribution in [-0.4, -0.2) is 54.7 Å². The molecule has 1 rings (SSSR count). The SMILES string of the molecule is [B]C(=O)N1CCC[C@@H]1C(O)S(=O)(=O)O. The smallest absolute Gasteiger partial charge is 0.294 e. The second-order valence-corrected chi connectivity index (χ2v) is 4.66. The summed E-state index contributed by atoms with van der Waals surface area (Å²) in [5.74, 6) is -0.796. The van der Waals surface area contributed by atoms with Gasteiger partial charge in [-0.05, 0) is 12.8 Å². The highest BCUT2D eigenvalue weighted by atomic mass is 32.2. The quantitative estimate of drug-likeness (QED) is 0.456. The van der Waals surface area contributed by atoms with E-state index in [4.69, 9.17) is 12.4 Å². The first-order valence-electron chi connectivity index (χ1n) is 4.04. The Hall–Kier alpha value is -0.595. The van der Waals surface area contributed by atoms with Crippen LogP contribution in [0.2, 0.25) is 0 Å². The molecular weight excluding hydrogens is 209 g/mol. The molecule has 0 aliphatic carbocycles. The Bertz CT molecular complexity index is 329. The van der Waals surface area contributed by atoms with Gasteiger partial charge in [-0.15, -0.1) is 0 Å². The van der Waals surface area contributed by atoms with Gasteiger partial charge in [-0.25, -0.2) is 0 Å². The van der Waals surface area contributed by atoms with Gasteiger partial charge in [-0.1, -0.05) is 0 Å². The van der Waals surface area contributed by atoms with Gasteiger partial charge in [0.1, 0.15) is 0 Å². The molecule has 1 unspecified atom stereocenters. The van der Waals surface area contributed by atoms with Crippen LogP contribution in [0.1, 0.15) is 12.8 Å². The molecule has 1 saturated heterocycles. The average Bonchev–Trinajstić information content (AvgIpc) is 2.48. The second-order valence-electron chi connectivity index (χ2n) is 3.15. The highest BCUT2D eigenvalue weighted by Gasteiger charge is 2.38. The summed E-state index contributed by atoms with van der Waals surface area (Å²) in [4.78, 5) is 11.8. The topological polar surface area (TPSA) is 94.9 Å². The lowest BCUT2D eigenvalue weighted by Gasteiger charge is -2.26. The van der Waals surface area contributed by atoms with Crippen LogP contribution < -0.4 is 0 Å². The molecular formula is C6H10BNO5S. The predicted octanol–water partition coefficient (Wildman–Crippen LogP) is -1.05. The maximum Gasteiger partial charge on any atom is 0.294 e. The molecule has 1 heterocycles. The summed E-state index contributed by atoms with van der Waals surface area (Å²) in [6, 6.07) is -0.942. The Kier molecular flexibility index (Phi) is 3.18. The highest BCUT2D eigenvalue weighted by Crippen LogP contribution is 2.22. The van der Waals surface area contributed by atoms with Crippen molar-refractivity contribution in [1.82, 2.24) is 4.90 Å². The third-order valence-electron chi connectivity index (χ3n) is 2.22. The normalized spacial score (nSPS) is 25.0. The van der Waals surface area contributed by atoms with Gasteiger partial charge in [0.2, 0.25) is 13.3 Å². The minimum atomic E-state index is -4.55. The van der Waals surface area contributed by atoms with Gasteiger partial charge < -0.3 is 10.0 Å². The number of amides is 1. The fourth-order valence-electron chi connectivity index (χ4n) is 1.56. The molecule has 14 heavy (non-hydrogen) atoms. The van der Waals surface area contributed by atoms with Gasteiger partial charge in [0, 0.05) is 6.54 Å². The van der Waals surface area contributed by atoms with Gasteiger partial charge in [-0.3, -0.25) is 9.35 Å². The Balaban J connectivity index is 2.82. The molecule has 8 heteroatoms. The van der Waals surface area contributed by atoms with Crippen molar-refractivity contribution >= 4 is 23.8 Å². The van der Waals surface area contributed by atoms with E-state index in [-0.39, 0.29) is 0 Å². The molecule has 6 nitrogen and oxygen atoms in total. The lowest BCUT2D eigenvalue weighted by Crippen LogP contribution is -2.45. The van der Waals surface area contributed by atoms with E-state index < -0.39 is 27.4 Å². The number of carbonyl (C=O) groups is 1. The summed E-state index contributed by atoms with van der Waals surface area (Å²) in [7, 11) is 0.422. The third kappa shape index (κ3) is 2.25. The Morgan fingerprint density at radius 1 is 1.57 bits per heavy atom. The lowest BCUT2D eigenvalue weighted by atomic mass is 10.1. The molecule has 2 radical (unpaired) electrons. The van der Waals surface area contributed by atoms with Crippen molar-refractivity contribution in [3.8, 4) is 0 Å². The Labute approximate surface area is 83.1 Å². The van der Waals surface area contributed by atoms with Crippen LogP contribution in [0.4, 0.5) is 4.79 Å². The Morgan fingerprint density at radius 2 is 2.14 bits per heavy atom. The largest absolute Gasteiger partial charge is 0.373 e. The van der Waals surface area contributed by atoms with E-state index in [2.05, 4.69) is 0 Å². The number of likely N-dealkylation sites (tertiary alicyclic amines) is 1. The highest BCUT2D eigenvalue weighted by molar-refractivity contribution is 7.86. The number of rotatable bonds is 2. The molecule has 1 fully saturated rings. The molecule has 0 aromatic heterocycles.